The fraction of sp³-hybridized carbons (Fsp3) is 0.148. The SMILES string of the molecule is CN(C(=O)c1cccnc1)c1cnc(NNC(=S)NC2c3cnc#cc3CCc3c(F)cccc32)c(Cl)c1. The minimum absolute atomic E-state index is 0.233. The molecule has 8 nitrogen and oxygen atoms in total. The van der Waals surface area contributed by atoms with Crippen molar-refractivity contribution in [1.29, 1.82) is 0 Å². The zero-order chi connectivity index (χ0) is 26.6. The van der Waals surface area contributed by atoms with Crippen LogP contribution in [0.3, 0.4) is 0 Å². The minimum atomic E-state index is -0.448. The van der Waals surface area contributed by atoms with Crippen LogP contribution in [0.15, 0.2) is 61.2 Å². The standard InChI is InChI=1S/C27H21ClFN7OS/c1-36(26(37)17-4-3-10-30-13-17)18-12-22(28)25(32-14-18)34-35-27(38)33-24-20-5-2-6-23(29)19(20)8-7-16-9-11-31-15-21(16)24/h2-6,10,12-15,24H,7-8H2,1H3,(H,32,34)(H2,33,35,38). The number of amides is 1. The summed E-state index contributed by atoms with van der Waals surface area (Å²) in [6, 6.07) is 12.6. The van der Waals surface area contributed by atoms with Gasteiger partial charge in [0.15, 0.2) is 10.9 Å². The third kappa shape index (κ3) is 5.20. The lowest BCUT2D eigenvalue weighted by Gasteiger charge is -2.23. The van der Waals surface area contributed by atoms with Crippen molar-refractivity contribution in [2.45, 2.75) is 18.9 Å². The van der Waals surface area contributed by atoms with Gasteiger partial charge in [0.1, 0.15) is 5.82 Å². The number of benzene rings is 1. The van der Waals surface area contributed by atoms with Gasteiger partial charge in [-0.3, -0.25) is 20.6 Å². The summed E-state index contributed by atoms with van der Waals surface area (Å²) in [5.74, 6) is -0.205. The van der Waals surface area contributed by atoms with Crippen molar-refractivity contribution in [1.82, 2.24) is 25.7 Å². The van der Waals surface area contributed by atoms with Gasteiger partial charge < -0.3 is 10.2 Å². The number of nitrogens with one attached hydrogen (secondary N) is 3. The van der Waals surface area contributed by atoms with E-state index in [9.17, 15) is 9.18 Å². The van der Waals surface area contributed by atoms with Crippen LogP contribution in [0.2, 0.25) is 5.02 Å². The largest absolute Gasteiger partial charge is 0.350 e. The normalized spacial score (nSPS) is 13.7. The number of anilines is 2. The molecular formula is C27H21ClFN7OS. The Morgan fingerprint density at radius 2 is 2.05 bits per heavy atom. The molecular weight excluding hydrogens is 525 g/mol. The first-order valence-electron chi connectivity index (χ1n) is 11.6. The number of fused-ring (bicyclic) bond motifs is 2. The van der Waals surface area contributed by atoms with Gasteiger partial charge in [0.25, 0.3) is 5.91 Å². The number of pyridine rings is 2. The molecule has 190 valence electrons. The van der Waals surface area contributed by atoms with Gasteiger partial charge in [-0.15, -0.1) is 0 Å². The molecule has 1 unspecified atom stereocenters. The van der Waals surface area contributed by atoms with Crippen molar-refractivity contribution in [3.63, 3.8) is 0 Å². The number of carbonyl (C=O) groups excluding carboxylic acids is 1. The number of carbonyl (C=O) groups is 1. The second-order valence-corrected chi connectivity index (χ2v) is 9.34. The second kappa shape index (κ2) is 11.0. The number of thiocarbonyl (C=S) groups is 1. The van der Waals surface area contributed by atoms with E-state index < -0.39 is 6.04 Å². The van der Waals surface area contributed by atoms with Crippen molar-refractivity contribution >= 4 is 46.3 Å². The van der Waals surface area contributed by atoms with Crippen molar-refractivity contribution in [3.05, 3.63) is 112 Å². The quantitative estimate of drug-likeness (QED) is 0.253. The number of nitrogens with zero attached hydrogens (tertiary/aromatic N) is 4. The molecule has 1 atom stereocenters. The van der Waals surface area contributed by atoms with Crippen LogP contribution in [-0.2, 0) is 12.8 Å². The molecule has 1 aromatic carbocycles. The highest BCUT2D eigenvalue weighted by atomic mass is 35.5. The van der Waals surface area contributed by atoms with Gasteiger partial charge >= 0.3 is 0 Å². The van der Waals surface area contributed by atoms with E-state index in [1.54, 1.807) is 43.7 Å². The Kier molecular flexibility index (Phi) is 7.31. The number of hydrogen-bond acceptors (Lipinski definition) is 6. The molecule has 0 aliphatic heterocycles. The highest BCUT2D eigenvalue weighted by Crippen LogP contribution is 2.32. The molecule has 3 N–H and O–H groups in total. The third-order valence-corrected chi connectivity index (χ3v) is 6.73. The summed E-state index contributed by atoms with van der Waals surface area (Å²) in [5.41, 5.74) is 9.86. The van der Waals surface area contributed by atoms with Crippen molar-refractivity contribution < 1.29 is 9.18 Å². The molecule has 5 rings (SSSR count). The Morgan fingerprint density at radius 1 is 1.18 bits per heavy atom. The maximum absolute atomic E-state index is 14.7. The van der Waals surface area contributed by atoms with Gasteiger partial charge in [0.05, 0.1) is 28.5 Å². The summed E-state index contributed by atoms with van der Waals surface area (Å²) in [4.78, 5) is 26.5. The van der Waals surface area contributed by atoms with Crippen molar-refractivity contribution in [2.75, 3.05) is 17.4 Å². The lowest BCUT2D eigenvalue weighted by Crippen LogP contribution is -2.41. The van der Waals surface area contributed by atoms with Crippen LogP contribution < -0.4 is 21.1 Å². The van der Waals surface area contributed by atoms with Gasteiger partial charge in [-0.05, 0) is 66.5 Å². The van der Waals surface area contributed by atoms with E-state index in [0.29, 0.717) is 35.5 Å². The lowest BCUT2D eigenvalue weighted by atomic mass is 9.96. The number of halogens is 2. The van der Waals surface area contributed by atoms with E-state index in [2.05, 4.69) is 43.4 Å². The van der Waals surface area contributed by atoms with E-state index in [1.165, 1.54) is 23.4 Å². The summed E-state index contributed by atoms with van der Waals surface area (Å²) < 4.78 is 14.7. The second-order valence-electron chi connectivity index (χ2n) is 8.52. The van der Waals surface area contributed by atoms with Crippen molar-refractivity contribution in [2.24, 2.45) is 0 Å². The average Bonchev–Trinajstić information content (AvgIpc) is 3.10. The molecule has 3 aromatic heterocycles. The molecule has 1 aliphatic carbocycles. The molecule has 0 radical (unpaired) electrons. The smallest absolute Gasteiger partial charge is 0.259 e. The molecule has 3 heterocycles. The van der Waals surface area contributed by atoms with Gasteiger partial charge in [-0.1, -0.05) is 23.7 Å². The molecule has 38 heavy (non-hydrogen) atoms. The lowest BCUT2D eigenvalue weighted by molar-refractivity contribution is 0.0992. The van der Waals surface area contributed by atoms with E-state index in [4.69, 9.17) is 23.8 Å². The highest BCUT2D eigenvalue weighted by molar-refractivity contribution is 7.80. The zero-order valence-electron chi connectivity index (χ0n) is 20.1. The fourth-order valence-electron chi connectivity index (χ4n) is 4.28. The first kappa shape index (κ1) is 25.3. The average molecular weight is 546 g/mol. The number of aromatic nitrogens is 3. The molecule has 1 aliphatic rings. The summed E-state index contributed by atoms with van der Waals surface area (Å²) in [6.07, 6.45) is 10.2. The van der Waals surface area contributed by atoms with E-state index in [-0.39, 0.29) is 21.9 Å². The van der Waals surface area contributed by atoms with Gasteiger partial charge in [0.2, 0.25) is 0 Å². The Morgan fingerprint density at radius 3 is 2.84 bits per heavy atom. The number of hydrogen-bond donors (Lipinski definition) is 3. The monoisotopic (exact) mass is 545 g/mol. The zero-order valence-corrected chi connectivity index (χ0v) is 21.7. The minimum Gasteiger partial charge on any atom is -0.350 e. The Bertz CT molecular complexity index is 1500. The fourth-order valence-corrected chi connectivity index (χ4v) is 4.65. The number of rotatable bonds is 5. The van der Waals surface area contributed by atoms with Crippen LogP contribution >= 0.6 is 23.8 Å². The first-order chi connectivity index (χ1) is 18.4. The summed E-state index contributed by atoms with van der Waals surface area (Å²) in [7, 11) is 1.63. The Balaban J connectivity index is 1.29. The van der Waals surface area contributed by atoms with E-state index in [0.717, 1.165) is 16.7 Å². The van der Waals surface area contributed by atoms with Crippen LogP contribution in [0.1, 0.15) is 38.7 Å². The molecule has 0 bridgehead atoms. The van der Waals surface area contributed by atoms with Crippen LogP contribution in [-0.4, -0.2) is 33.0 Å². The summed E-state index contributed by atoms with van der Waals surface area (Å²) >= 11 is 12.0. The third-order valence-electron chi connectivity index (χ3n) is 6.22. The predicted molar refractivity (Wildman–Crippen MR) is 146 cm³/mol. The highest BCUT2D eigenvalue weighted by Gasteiger charge is 2.26. The van der Waals surface area contributed by atoms with Gasteiger partial charge in [-0.25, -0.2) is 14.4 Å². The van der Waals surface area contributed by atoms with E-state index in [1.807, 2.05) is 6.07 Å². The topological polar surface area (TPSA) is 95.1 Å². The van der Waals surface area contributed by atoms with Gasteiger partial charge in [-0.2, -0.15) is 0 Å². The molecule has 0 spiro atoms. The Labute approximate surface area is 229 Å². The molecule has 1 amide bonds. The van der Waals surface area contributed by atoms with E-state index >= 15 is 0 Å². The molecule has 4 aromatic rings. The predicted octanol–water partition coefficient (Wildman–Crippen LogP) is 4.22. The van der Waals surface area contributed by atoms with Crippen LogP contribution in [0, 0.1) is 18.1 Å². The number of hydrazine groups is 1. The maximum atomic E-state index is 14.7. The molecule has 0 saturated heterocycles. The summed E-state index contributed by atoms with van der Waals surface area (Å²) in [5, 5.41) is 3.74. The van der Waals surface area contributed by atoms with Crippen LogP contribution in [0.4, 0.5) is 15.9 Å². The molecule has 0 saturated carbocycles. The first-order valence-corrected chi connectivity index (χ1v) is 12.4. The molecule has 11 heteroatoms. The Hall–Kier alpha value is -4.33. The molecule has 0 fully saturated rings. The van der Waals surface area contributed by atoms with Crippen LogP contribution in [0.25, 0.3) is 0 Å². The summed E-state index contributed by atoms with van der Waals surface area (Å²) in [6.45, 7) is 0. The maximum Gasteiger partial charge on any atom is 0.259 e. The van der Waals surface area contributed by atoms with Crippen molar-refractivity contribution in [3.8, 4) is 0 Å². The van der Waals surface area contributed by atoms with Gasteiger partial charge in [0, 0.05) is 43.0 Å². The van der Waals surface area contributed by atoms with Crippen LogP contribution in [0.5, 0.6) is 0 Å².